The Morgan fingerprint density at radius 1 is 0.927 bits per heavy atom. The van der Waals surface area contributed by atoms with E-state index in [1.807, 2.05) is 30.3 Å². The summed E-state index contributed by atoms with van der Waals surface area (Å²) in [5, 5.41) is 0. The largest absolute Gasteiger partial charge is 0.463 e. The molecule has 0 bridgehead atoms. The van der Waals surface area contributed by atoms with E-state index in [1.165, 1.54) is 19.8 Å². The van der Waals surface area contributed by atoms with Crippen LogP contribution in [0.15, 0.2) is 30.3 Å². The second kappa shape index (κ2) is 11.8. The van der Waals surface area contributed by atoms with Crippen molar-refractivity contribution in [1.82, 2.24) is 0 Å². The summed E-state index contributed by atoms with van der Waals surface area (Å²) in [5.74, 6) is 2.90. The fourth-order valence-electron chi connectivity index (χ4n) is 10.1. The third-order valence-electron chi connectivity index (χ3n) is 12.4. The number of benzene rings is 1. The Bertz CT molecular complexity index is 1110. The second-order valence-electron chi connectivity index (χ2n) is 15.0. The molecule has 0 aliphatic heterocycles. The van der Waals surface area contributed by atoms with Gasteiger partial charge in [-0.05, 0) is 116 Å². The van der Waals surface area contributed by atoms with Crippen LogP contribution in [0.25, 0.3) is 0 Å². The molecule has 4 aliphatic rings. The van der Waals surface area contributed by atoms with Crippen molar-refractivity contribution in [2.75, 3.05) is 0 Å². The lowest BCUT2D eigenvalue weighted by atomic mass is 9.44. The molecule has 5 rings (SSSR count). The molecule has 4 saturated carbocycles. The maximum atomic E-state index is 13.9. The Balaban J connectivity index is 1.24. The molecule has 10 atom stereocenters. The minimum absolute atomic E-state index is 0.0258. The number of rotatable bonds is 8. The van der Waals surface area contributed by atoms with Crippen LogP contribution in [-0.4, -0.2) is 29.9 Å². The molecule has 226 valence electrons. The normalized spacial score (nSPS) is 37.9. The number of ether oxygens (including phenoxy) is 2. The smallest absolute Gasteiger partial charge is 0.338 e. The van der Waals surface area contributed by atoms with Gasteiger partial charge in [0.15, 0.2) is 0 Å². The van der Waals surface area contributed by atoms with Crippen LogP contribution < -0.4 is 0 Å². The van der Waals surface area contributed by atoms with Crippen LogP contribution in [0.2, 0.25) is 0 Å². The highest BCUT2D eigenvalue weighted by molar-refractivity contribution is 5.89. The maximum absolute atomic E-state index is 13.9. The van der Waals surface area contributed by atoms with E-state index in [0.29, 0.717) is 47.4 Å². The molecule has 1 aromatic carbocycles. The summed E-state index contributed by atoms with van der Waals surface area (Å²) in [5.41, 5.74) is 0.984. The average Bonchev–Trinajstić information content (AvgIpc) is 3.28. The van der Waals surface area contributed by atoms with Gasteiger partial charge in [0, 0.05) is 19.3 Å². The molecule has 0 N–H and O–H groups in total. The first kappa shape index (κ1) is 30.3. The van der Waals surface area contributed by atoms with Crippen LogP contribution >= 0.6 is 0 Å². The van der Waals surface area contributed by atoms with Crippen molar-refractivity contribution < 1.29 is 23.9 Å². The lowest BCUT2D eigenvalue weighted by Gasteiger charge is -2.60. The Hall–Kier alpha value is -2.17. The molecule has 1 aromatic rings. The van der Waals surface area contributed by atoms with Crippen LogP contribution in [0.3, 0.4) is 0 Å². The lowest BCUT2D eigenvalue weighted by Crippen LogP contribution is -2.57. The summed E-state index contributed by atoms with van der Waals surface area (Å²) < 4.78 is 11.6. The third-order valence-corrected chi connectivity index (χ3v) is 12.4. The molecular weight excluding hydrogens is 512 g/mol. The van der Waals surface area contributed by atoms with Gasteiger partial charge in [-0.15, -0.1) is 0 Å². The predicted molar refractivity (Wildman–Crippen MR) is 160 cm³/mol. The molecule has 4 fully saturated rings. The Morgan fingerprint density at radius 3 is 2.29 bits per heavy atom. The number of fused-ring (bicyclic) bond motifs is 5. The number of Topliss-reactive ketones (excluding diaryl/α,β-unsaturated/α-hetero) is 1. The molecule has 41 heavy (non-hydrogen) atoms. The van der Waals surface area contributed by atoms with Crippen molar-refractivity contribution in [2.24, 2.45) is 52.3 Å². The highest BCUT2D eigenvalue weighted by atomic mass is 16.5. The van der Waals surface area contributed by atoms with E-state index in [4.69, 9.17) is 9.47 Å². The zero-order valence-electron chi connectivity index (χ0n) is 26.2. The summed E-state index contributed by atoms with van der Waals surface area (Å²) in [6.07, 6.45) is 9.99. The minimum atomic E-state index is -0.229. The number of esters is 2. The van der Waals surface area contributed by atoms with Crippen LogP contribution in [0, 0.1) is 52.3 Å². The molecule has 0 unspecified atom stereocenters. The molecule has 0 spiro atoms. The first-order chi connectivity index (χ1) is 19.4. The van der Waals surface area contributed by atoms with Gasteiger partial charge in [0.2, 0.25) is 0 Å². The number of carbonyl (C=O) groups excluding carboxylic acids is 3. The number of carbonyl (C=O) groups is 3. The molecule has 0 radical (unpaired) electrons. The van der Waals surface area contributed by atoms with Crippen LogP contribution in [0.5, 0.6) is 0 Å². The number of hydrogen-bond acceptors (Lipinski definition) is 5. The van der Waals surface area contributed by atoms with Gasteiger partial charge in [-0.3, -0.25) is 9.59 Å². The topological polar surface area (TPSA) is 69.7 Å². The fraction of sp³-hybridized carbons (Fsp3) is 0.750. The van der Waals surface area contributed by atoms with Gasteiger partial charge in [0.25, 0.3) is 0 Å². The summed E-state index contributed by atoms with van der Waals surface area (Å²) >= 11 is 0. The quantitative estimate of drug-likeness (QED) is 0.299. The van der Waals surface area contributed by atoms with Crippen molar-refractivity contribution in [3.63, 3.8) is 0 Å². The molecular formula is C36H52O5. The third kappa shape index (κ3) is 5.76. The fourth-order valence-corrected chi connectivity index (χ4v) is 10.1. The van der Waals surface area contributed by atoms with Gasteiger partial charge in [0.1, 0.15) is 18.0 Å². The number of hydrogen-bond donors (Lipinski definition) is 0. The Morgan fingerprint density at radius 2 is 1.61 bits per heavy atom. The predicted octanol–water partition coefficient (Wildman–Crippen LogP) is 8.05. The highest BCUT2D eigenvalue weighted by Crippen LogP contribution is 2.67. The van der Waals surface area contributed by atoms with Gasteiger partial charge in [-0.1, -0.05) is 52.8 Å². The molecule has 0 heterocycles. The summed E-state index contributed by atoms with van der Waals surface area (Å²) in [4.78, 5) is 38.3. The van der Waals surface area contributed by atoms with E-state index < -0.39 is 0 Å². The van der Waals surface area contributed by atoms with Crippen molar-refractivity contribution >= 4 is 17.7 Å². The van der Waals surface area contributed by atoms with E-state index in [1.54, 1.807) is 0 Å². The lowest BCUT2D eigenvalue weighted by molar-refractivity contribution is -0.168. The van der Waals surface area contributed by atoms with Crippen molar-refractivity contribution in [2.45, 2.75) is 118 Å². The molecule has 5 nitrogen and oxygen atoms in total. The van der Waals surface area contributed by atoms with E-state index in [9.17, 15) is 14.4 Å². The minimum Gasteiger partial charge on any atom is -0.463 e. The summed E-state index contributed by atoms with van der Waals surface area (Å²) in [6.45, 7) is 13.1. The maximum Gasteiger partial charge on any atom is 0.338 e. The first-order valence-corrected chi connectivity index (χ1v) is 16.4. The van der Waals surface area contributed by atoms with E-state index >= 15 is 0 Å². The zero-order chi connectivity index (χ0) is 29.5. The molecule has 5 heteroatoms. The van der Waals surface area contributed by atoms with Crippen LogP contribution in [0.4, 0.5) is 0 Å². The second-order valence-corrected chi connectivity index (χ2v) is 15.0. The molecule has 0 amide bonds. The van der Waals surface area contributed by atoms with Gasteiger partial charge in [-0.25, -0.2) is 4.79 Å². The average molecular weight is 565 g/mol. The molecule has 4 aliphatic carbocycles. The van der Waals surface area contributed by atoms with E-state index in [0.717, 1.165) is 44.9 Å². The van der Waals surface area contributed by atoms with Crippen molar-refractivity contribution in [3.8, 4) is 0 Å². The monoisotopic (exact) mass is 564 g/mol. The van der Waals surface area contributed by atoms with E-state index in [2.05, 4.69) is 34.6 Å². The first-order valence-electron chi connectivity index (χ1n) is 16.4. The van der Waals surface area contributed by atoms with Gasteiger partial charge < -0.3 is 9.47 Å². The van der Waals surface area contributed by atoms with Gasteiger partial charge in [-0.2, -0.15) is 0 Å². The van der Waals surface area contributed by atoms with Crippen LogP contribution in [0.1, 0.15) is 116 Å². The zero-order valence-corrected chi connectivity index (χ0v) is 26.2. The summed E-state index contributed by atoms with van der Waals surface area (Å²) in [7, 11) is 0. The summed E-state index contributed by atoms with van der Waals surface area (Å²) in [6, 6.07) is 9.30. The highest BCUT2D eigenvalue weighted by Gasteiger charge is 2.63. The van der Waals surface area contributed by atoms with Gasteiger partial charge in [0.05, 0.1) is 5.56 Å². The van der Waals surface area contributed by atoms with Crippen molar-refractivity contribution in [3.05, 3.63) is 35.9 Å². The standard InChI is InChI=1S/C36H52O5/c1-22(2)32(41-34(39)25-10-8-7-9-11-25)15-12-23(3)28-13-14-29-33-30(17-19-36(28,29)6)35(5)18-16-27(40-24(4)37)20-26(35)21-31(33)38/h7-11,22-23,26-30,32-33H,12-21H2,1-6H3/t23-,26-,27+,28-,29+,30+,32-,33+,35+,36-/m1/s1. The van der Waals surface area contributed by atoms with Crippen LogP contribution in [-0.2, 0) is 19.1 Å². The number of ketones is 1. The van der Waals surface area contributed by atoms with Gasteiger partial charge >= 0.3 is 11.9 Å². The molecule has 0 saturated heterocycles. The Labute approximate surface area is 247 Å². The van der Waals surface area contributed by atoms with E-state index in [-0.39, 0.29) is 46.8 Å². The Kier molecular flexibility index (Phi) is 8.75. The molecule has 0 aromatic heterocycles. The van der Waals surface area contributed by atoms with Crippen molar-refractivity contribution in [1.29, 1.82) is 0 Å². The SMILES string of the molecule is CC(=O)O[C@H]1CC[C@@]2(C)[C@@H](CC(=O)[C@@H]3[C@@H]2CC[C@]2(C)[C@@H]([C@H](C)CC[C@@H](OC(=O)c4ccccc4)C(C)C)CC[C@@H]32)C1.